The first-order valence-corrected chi connectivity index (χ1v) is 51.7. The van der Waals surface area contributed by atoms with Gasteiger partial charge in [-0.1, -0.05) is 134 Å². The third-order valence-corrected chi connectivity index (χ3v) is 28.3. The highest BCUT2D eigenvalue weighted by molar-refractivity contribution is 9.10. The average molecular weight is 2190 g/mol. The highest BCUT2D eigenvalue weighted by Gasteiger charge is 2.42. The van der Waals surface area contributed by atoms with Crippen LogP contribution in [0.4, 0.5) is 40.1 Å². The number of fused-ring (bicyclic) bond motifs is 12. The number of nitrogens with one attached hydrogen (secondary N) is 6. The van der Waals surface area contributed by atoms with Gasteiger partial charge in [0, 0.05) is 198 Å². The molecule has 15 aromatic rings. The first kappa shape index (κ1) is 106. The van der Waals surface area contributed by atoms with Gasteiger partial charge in [0.15, 0.2) is 0 Å². The van der Waals surface area contributed by atoms with E-state index in [0.717, 1.165) is 148 Å². The first-order valence-electron chi connectivity index (χ1n) is 48.6. The number of aromatic nitrogens is 4. The molecule has 148 heavy (non-hydrogen) atoms. The summed E-state index contributed by atoms with van der Waals surface area (Å²) in [6, 6.07) is 72.3. The number of ether oxygens (including phenoxy) is 9. The van der Waals surface area contributed by atoms with E-state index in [9.17, 15) is 33.6 Å². The zero-order valence-corrected chi connectivity index (χ0v) is 88.2. The third kappa shape index (κ3) is 25.4. The highest BCUT2D eigenvalue weighted by atomic mass is 79.9. The van der Waals surface area contributed by atoms with Crippen LogP contribution < -0.4 is 29.6 Å². The fourth-order valence-corrected chi connectivity index (χ4v) is 20.5. The number of carbonyl (C=O) groups is 7. The van der Waals surface area contributed by atoms with Gasteiger partial charge >= 0.3 is 36.6 Å². The summed E-state index contributed by atoms with van der Waals surface area (Å²) >= 11 is 40.6. The smallest absolute Gasteiger partial charge is 0.416 e. The van der Waals surface area contributed by atoms with Gasteiger partial charge < -0.3 is 72.4 Å². The number of hydrogen-bond acceptors (Lipinski definition) is 18. The van der Waals surface area contributed by atoms with Crippen LogP contribution in [0.5, 0.6) is 23.0 Å². The molecule has 1 saturated heterocycles. The Kier molecular flexibility index (Phi) is 35.1. The van der Waals surface area contributed by atoms with E-state index in [4.69, 9.17) is 112 Å². The second-order valence-electron chi connectivity index (χ2n) is 36.0. The number of anilines is 2. The average Bonchev–Trinajstić information content (AvgIpc) is 1.60. The maximum atomic E-state index is 13.4. The largest absolute Gasteiger partial charge is 0.494 e. The molecule has 0 spiro atoms. The normalized spacial score (nSPS) is 15.7. The van der Waals surface area contributed by atoms with E-state index < -0.39 is 42.5 Å². The fraction of sp³-hybridized carbons (Fsp3) is 0.277. The second-order valence-corrected chi connectivity index (χ2v) is 39.6. The standard InChI is InChI=1S/C29H29BrClN3O3.C28H25Cl2N3O5.C28H33ClN4O4.C27H23Cl2N3O4/c1-33(2)15-3-17-36-22-9-4-19(5-10-22)28-27-24(25-18-21(31)8-13-26(25)32-27)14-16-34(28)29(35)37-23-11-6-20(30)7-12-23;1-36-14-15-37-27(34)31-20-7-2-17(3-8-20)26-25-22(23-16-19(30)6-11-24(23)32-25)12-13-33(26)28(35)38-21-9-4-18(29)5-10-21;1-3-37-28(35)33-11-10-22-23-18-21(29)8-9-24(23)30-25(22)26(33)19-4-6-20(7-5-19)27(34)32-14-12-31(13-15-32)16-17-36-2;1-2-35-26(33)30-19-8-3-16(4-9-19)25-24-21(22-15-18(29)7-12-23(22)31-24)13-14-32(25)27(34)36-20-10-5-17(28)6-11-20/h4-13,18,28,32H,3,14-17H2,1-2H3;2-11,16,26,32H,12-15H2,1H3,(H,31,34);4-9,18,26,30H,3,10-17H2,1-2H3;3-12,15,25,31H,2,13-14H2,1H3,(H,30,33). The van der Waals surface area contributed by atoms with E-state index in [-0.39, 0.29) is 37.3 Å². The number of aromatic amines is 4. The monoisotopic (exact) mass is 2180 g/mol. The number of H-pyrrole nitrogens is 4. The molecule has 5 aliphatic heterocycles. The Morgan fingerprint density at radius 3 is 1.05 bits per heavy atom. The predicted octanol–water partition coefficient (Wildman–Crippen LogP) is 25.4. The quantitative estimate of drug-likeness (QED) is 0.0256. The molecule has 7 amide bonds. The maximum absolute atomic E-state index is 13.4. The molecule has 29 nitrogen and oxygen atoms in total. The minimum Gasteiger partial charge on any atom is -0.494 e. The molecule has 0 aliphatic carbocycles. The lowest BCUT2D eigenvalue weighted by molar-refractivity contribution is 0.0593. The maximum Gasteiger partial charge on any atom is 0.416 e. The minimum atomic E-state index is -0.574. The van der Waals surface area contributed by atoms with E-state index >= 15 is 0 Å². The lowest BCUT2D eigenvalue weighted by Crippen LogP contribution is -2.49. The molecular weight excluding hydrogens is 2080 g/mol. The Morgan fingerprint density at radius 2 is 0.696 bits per heavy atom. The number of methoxy groups -OCH3 is 2. The van der Waals surface area contributed by atoms with E-state index in [1.165, 1.54) is 12.7 Å². The van der Waals surface area contributed by atoms with Gasteiger partial charge in [0.25, 0.3) is 5.91 Å². The van der Waals surface area contributed by atoms with Crippen molar-refractivity contribution < 1.29 is 76.2 Å². The molecule has 36 heteroatoms. The number of carbonyl (C=O) groups excluding carboxylic acids is 7. The summed E-state index contributed by atoms with van der Waals surface area (Å²) in [5.41, 5.74) is 17.6. The summed E-state index contributed by atoms with van der Waals surface area (Å²) in [6.45, 7) is 12.9. The van der Waals surface area contributed by atoms with Gasteiger partial charge in [0.1, 0.15) is 53.8 Å². The molecule has 768 valence electrons. The zero-order valence-electron chi connectivity index (χ0n) is 82.1. The topological polar surface area (TPSA) is 312 Å². The fourth-order valence-electron chi connectivity index (χ4n) is 19.3. The molecule has 1 fully saturated rings. The molecule has 4 aromatic heterocycles. The molecule has 0 saturated carbocycles. The molecule has 4 unspecified atom stereocenters. The van der Waals surface area contributed by atoms with E-state index in [1.54, 1.807) is 119 Å². The number of halogens is 7. The van der Waals surface area contributed by atoms with Crippen molar-refractivity contribution in [2.75, 3.05) is 144 Å². The van der Waals surface area contributed by atoms with Gasteiger partial charge in [-0.25, -0.2) is 28.8 Å². The predicted molar refractivity (Wildman–Crippen MR) is 581 cm³/mol. The molecule has 0 radical (unpaired) electrons. The summed E-state index contributed by atoms with van der Waals surface area (Å²) in [7, 11) is 7.35. The van der Waals surface area contributed by atoms with Crippen molar-refractivity contribution >= 4 is 183 Å². The van der Waals surface area contributed by atoms with Gasteiger partial charge in [-0.2, -0.15) is 0 Å². The zero-order chi connectivity index (χ0) is 104. The van der Waals surface area contributed by atoms with Crippen molar-refractivity contribution in [2.24, 2.45) is 0 Å². The number of amides is 7. The first-order chi connectivity index (χ1) is 71.7. The lowest BCUT2D eigenvalue weighted by atomic mass is 9.92. The van der Waals surface area contributed by atoms with Crippen LogP contribution in [0.1, 0.15) is 122 Å². The van der Waals surface area contributed by atoms with E-state index in [0.29, 0.717) is 156 Å². The van der Waals surface area contributed by atoms with Gasteiger partial charge in [0.2, 0.25) is 0 Å². The van der Waals surface area contributed by atoms with Crippen molar-refractivity contribution in [3.8, 4) is 23.0 Å². The van der Waals surface area contributed by atoms with Crippen LogP contribution in [-0.2, 0) is 49.4 Å². The van der Waals surface area contributed by atoms with Crippen LogP contribution in [0.15, 0.2) is 247 Å². The highest BCUT2D eigenvalue weighted by Crippen LogP contribution is 2.46. The molecule has 4 atom stereocenters. The number of benzene rings is 11. The lowest BCUT2D eigenvalue weighted by Gasteiger charge is -2.36. The van der Waals surface area contributed by atoms with Crippen LogP contribution in [-0.4, -0.2) is 230 Å². The number of rotatable bonds is 23. The van der Waals surface area contributed by atoms with Crippen molar-refractivity contribution in [2.45, 2.75) is 70.1 Å². The third-order valence-electron chi connectivity index (χ3n) is 26.3. The molecule has 0 bridgehead atoms. The number of hydrogen-bond donors (Lipinski definition) is 6. The summed E-state index contributed by atoms with van der Waals surface area (Å²) in [4.78, 5) is 118. The van der Waals surface area contributed by atoms with Crippen molar-refractivity contribution in [1.29, 1.82) is 0 Å². The van der Waals surface area contributed by atoms with Gasteiger partial charge in [-0.05, 0) is 299 Å². The van der Waals surface area contributed by atoms with Gasteiger partial charge in [-0.15, -0.1) is 0 Å². The van der Waals surface area contributed by atoms with Crippen LogP contribution in [0, 0.1) is 0 Å². The molecule has 6 N–H and O–H groups in total. The van der Waals surface area contributed by atoms with Crippen molar-refractivity contribution in [1.82, 2.24) is 54.2 Å². The molecular formula is C112H110BrCl6N13O16. The Morgan fingerprint density at radius 1 is 0.365 bits per heavy atom. The number of nitrogens with zero attached hydrogens (tertiary/aromatic N) is 7. The second kappa shape index (κ2) is 49.1. The summed E-state index contributed by atoms with van der Waals surface area (Å²) < 4.78 is 49.5. The molecule has 11 aromatic carbocycles. The van der Waals surface area contributed by atoms with E-state index in [2.05, 4.69) is 70.4 Å². The Bertz CT molecular complexity index is 7240. The molecule has 20 rings (SSSR count). The van der Waals surface area contributed by atoms with Crippen LogP contribution in [0.2, 0.25) is 30.1 Å². The Labute approximate surface area is 894 Å². The van der Waals surface area contributed by atoms with Gasteiger partial charge in [0.05, 0.1) is 33.0 Å². The van der Waals surface area contributed by atoms with Crippen molar-refractivity contribution in [3.05, 3.63) is 350 Å². The van der Waals surface area contributed by atoms with Crippen LogP contribution in [0.3, 0.4) is 0 Å². The number of piperazine rings is 1. The van der Waals surface area contributed by atoms with Crippen LogP contribution in [0.25, 0.3) is 43.6 Å². The van der Waals surface area contributed by atoms with Gasteiger partial charge in [-0.3, -0.25) is 39.9 Å². The van der Waals surface area contributed by atoms with Crippen LogP contribution >= 0.6 is 85.5 Å². The minimum absolute atomic E-state index is 0.0322. The molecule has 9 heterocycles. The summed E-state index contributed by atoms with van der Waals surface area (Å²) in [6.07, 6.45) is 0.850. The van der Waals surface area contributed by atoms with Crippen molar-refractivity contribution in [3.63, 3.8) is 0 Å². The molecule has 5 aliphatic rings. The summed E-state index contributed by atoms with van der Waals surface area (Å²) in [5, 5.41) is 13.4. The Balaban J connectivity index is 0.000000135. The Hall–Kier alpha value is -13.5. The van der Waals surface area contributed by atoms with E-state index in [1.807, 2.05) is 170 Å². The SMILES string of the molecule is CCOC(=O)N1CCc2c([nH]c3ccc(Cl)cc23)C1c1ccc(C(=O)N2CCN(CCOC)CC2)cc1.CCOC(=O)Nc1ccc(C2c3[nH]c4ccc(Cl)cc4c3CCN2C(=O)Oc2ccc(Cl)cc2)cc1.CN(C)CCCOc1ccc(C2c3[nH]c4ccc(Cl)cc4c3CCN2C(=O)Oc2ccc(Br)cc2)cc1.COCCOC(=O)Nc1ccc(C2c3[nH]c4ccc(Cl)cc4c3CCN2C(=O)Oc2ccc(Cl)cc2)cc1. The summed E-state index contributed by atoms with van der Waals surface area (Å²) in [5.74, 6) is 2.16.